The number of rotatable bonds is 7. The normalized spacial score (nSPS) is 16.4. The highest BCUT2D eigenvalue weighted by Crippen LogP contribution is 2.33. The van der Waals surface area contributed by atoms with Crippen LogP contribution in [0.2, 0.25) is 0 Å². The molecule has 0 spiro atoms. The molecule has 4 rings (SSSR count). The van der Waals surface area contributed by atoms with Crippen LogP contribution < -0.4 is 15.0 Å². The number of carbonyl (C=O) groups excluding carboxylic acids is 1. The van der Waals surface area contributed by atoms with Gasteiger partial charge in [0.15, 0.2) is 9.84 Å². The maximum absolute atomic E-state index is 13.8. The van der Waals surface area contributed by atoms with Crippen LogP contribution in [-0.2, 0) is 9.84 Å². The molecule has 1 aliphatic rings. The lowest BCUT2D eigenvalue weighted by Gasteiger charge is -2.20. The molecule has 0 radical (unpaired) electrons. The number of anilines is 2. The van der Waals surface area contributed by atoms with Gasteiger partial charge in [0, 0.05) is 41.8 Å². The smallest absolute Gasteiger partial charge is 0.420 e. The predicted molar refractivity (Wildman–Crippen MR) is 125 cm³/mol. The number of hydrogen-bond acceptors (Lipinski definition) is 6. The first-order chi connectivity index (χ1) is 16.4. The monoisotopic (exact) mass is 528 g/mol. The van der Waals surface area contributed by atoms with Gasteiger partial charge < -0.3 is 19.9 Å². The number of aromatic amines is 1. The third-order valence-corrected chi connectivity index (χ3v) is 6.37. The molecule has 0 bridgehead atoms. The molecule has 1 amide bonds. The molecule has 1 fully saturated rings. The van der Waals surface area contributed by atoms with Crippen molar-refractivity contribution in [2.75, 3.05) is 29.6 Å². The highest BCUT2D eigenvalue weighted by atomic mass is 35.5. The molecule has 2 N–H and O–H groups in total. The number of nitrogens with zero attached hydrogens (tertiary/aromatic N) is 2. The van der Waals surface area contributed by atoms with Crippen molar-refractivity contribution >= 4 is 38.9 Å². The molecule has 3 heterocycles. The molecule has 0 unspecified atom stereocenters. The number of sulfone groups is 1. The number of ether oxygens (including phenoxy) is 1. The number of alkyl halides is 4. The van der Waals surface area contributed by atoms with Gasteiger partial charge in [0.25, 0.3) is 5.91 Å². The van der Waals surface area contributed by atoms with Gasteiger partial charge in [-0.1, -0.05) is 0 Å². The van der Waals surface area contributed by atoms with Gasteiger partial charge in [-0.05, 0) is 48.9 Å². The van der Waals surface area contributed by atoms with Crippen molar-refractivity contribution in [2.45, 2.75) is 23.2 Å². The fourth-order valence-corrected chi connectivity index (χ4v) is 4.33. The number of carbonyl (C=O) groups is 1. The summed E-state index contributed by atoms with van der Waals surface area (Å²) in [5, 5.41) is 2.61. The van der Waals surface area contributed by atoms with Crippen molar-refractivity contribution < 1.29 is 31.1 Å². The molecule has 2 aromatic heterocycles. The Morgan fingerprint density at radius 2 is 1.97 bits per heavy atom. The largest absolute Gasteiger partial charge is 0.487 e. The molecular weight excluding hydrogens is 509 g/mol. The number of benzene rings is 1. The van der Waals surface area contributed by atoms with Crippen LogP contribution in [0.4, 0.5) is 24.7 Å². The quantitative estimate of drug-likeness (QED) is 0.439. The number of halogens is 4. The average Bonchev–Trinajstić information content (AvgIpc) is 3.43. The van der Waals surface area contributed by atoms with Gasteiger partial charge in [0.2, 0.25) is 0 Å². The Bertz CT molecular complexity index is 1340. The van der Waals surface area contributed by atoms with E-state index in [0.29, 0.717) is 35.7 Å². The molecule has 186 valence electrons. The number of pyridine rings is 1. The van der Waals surface area contributed by atoms with Gasteiger partial charge in [-0.15, -0.1) is 8.78 Å². The zero-order valence-corrected chi connectivity index (χ0v) is 19.8. The van der Waals surface area contributed by atoms with Crippen molar-refractivity contribution in [2.24, 2.45) is 0 Å². The van der Waals surface area contributed by atoms with E-state index in [0.717, 1.165) is 6.26 Å². The van der Waals surface area contributed by atoms with Gasteiger partial charge in [0.05, 0.1) is 17.8 Å². The molecule has 0 saturated carbocycles. The van der Waals surface area contributed by atoms with Crippen LogP contribution in [0.1, 0.15) is 16.8 Å². The van der Waals surface area contributed by atoms with E-state index in [4.69, 9.17) is 11.6 Å². The van der Waals surface area contributed by atoms with Crippen LogP contribution >= 0.6 is 11.6 Å². The Morgan fingerprint density at radius 3 is 2.54 bits per heavy atom. The maximum Gasteiger partial charge on any atom is 0.487 e. The predicted octanol–water partition coefficient (Wildman–Crippen LogP) is 4.45. The van der Waals surface area contributed by atoms with Crippen molar-refractivity contribution in [3.05, 3.63) is 54.2 Å². The van der Waals surface area contributed by atoms with E-state index >= 15 is 0 Å². The van der Waals surface area contributed by atoms with E-state index in [1.54, 1.807) is 11.0 Å². The van der Waals surface area contributed by atoms with Crippen LogP contribution in [0.5, 0.6) is 5.75 Å². The molecular formula is C22H20ClF3N4O4S. The zero-order chi connectivity index (χ0) is 25.4. The Morgan fingerprint density at radius 1 is 1.26 bits per heavy atom. The molecule has 1 atom stereocenters. The molecule has 35 heavy (non-hydrogen) atoms. The van der Waals surface area contributed by atoms with E-state index in [-0.39, 0.29) is 22.9 Å². The van der Waals surface area contributed by atoms with Gasteiger partial charge in [-0.2, -0.15) is 0 Å². The summed E-state index contributed by atoms with van der Waals surface area (Å²) in [6, 6.07) is 9.61. The SMILES string of the molecule is CS(=O)(=O)c1ccc(-c2cc(C(=O)Nc3ccc(OC(F)(F)Cl)cc3)cnc2N2CC[C@H](F)C2)[nH]1. The first-order valence-corrected chi connectivity index (χ1v) is 12.6. The zero-order valence-electron chi connectivity index (χ0n) is 18.3. The second kappa shape index (κ2) is 9.42. The third kappa shape index (κ3) is 6.06. The Balaban J connectivity index is 1.62. The standard InChI is InChI=1S/C22H20ClF3N4O4S/c1-35(32,33)19-7-6-18(29-19)17-10-13(11-27-20(17)30-9-8-14(24)12-30)21(31)28-15-2-4-16(5-3-15)34-22(23,25)26/h2-7,10-11,14,29H,8-9,12H2,1H3,(H,28,31)/t14-/m0/s1. The lowest BCUT2D eigenvalue weighted by Crippen LogP contribution is -2.22. The van der Waals surface area contributed by atoms with E-state index in [1.807, 2.05) is 0 Å². The summed E-state index contributed by atoms with van der Waals surface area (Å²) in [6.07, 6.45) is 1.70. The fourth-order valence-electron chi connectivity index (χ4n) is 3.63. The van der Waals surface area contributed by atoms with Crippen molar-refractivity contribution in [3.63, 3.8) is 0 Å². The highest BCUT2D eigenvalue weighted by molar-refractivity contribution is 7.90. The summed E-state index contributed by atoms with van der Waals surface area (Å²) in [5.74, 6) is -0.338. The lowest BCUT2D eigenvalue weighted by molar-refractivity contribution is -0.0964. The van der Waals surface area contributed by atoms with Crippen molar-refractivity contribution in [1.82, 2.24) is 9.97 Å². The summed E-state index contributed by atoms with van der Waals surface area (Å²) >= 11 is 4.74. The van der Waals surface area contributed by atoms with E-state index in [9.17, 15) is 26.4 Å². The van der Waals surface area contributed by atoms with Gasteiger partial charge in [0.1, 0.15) is 22.8 Å². The average molecular weight is 529 g/mol. The minimum absolute atomic E-state index is 0.0112. The summed E-state index contributed by atoms with van der Waals surface area (Å²) in [4.78, 5) is 21.8. The van der Waals surface area contributed by atoms with E-state index in [2.05, 4.69) is 20.0 Å². The maximum atomic E-state index is 13.8. The van der Waals surface area contributed by atoms with E-state index < -0.39 is 27.5 Å². The Kier molecular flexibility index (Phi) is 6.69. The lowest BCUT2D eigenvalue weighted by atomic mass is 10.1. The first kappa shape index (κ1) is 24.9. The first-order valence-electron chi connectivity index (χ1n) is 10.3. The second-order valence-corrected chi connectivity index (χ2v) is 10.4. The second-order valence-electron chi connectivity index (χ2n) is 7.96. The van der Waals surface area contributed by atoms with Crippen LogP contribution in [0.25, 0.3) is 11.3 Å². The number of H-pyrrole nitrogens is 1. The number of nitrogens with one attached hydrogen (secondary N) is 2. The number of amides is 1. The summed E-state index contributed by atoms with van der Waals surface area (Å²) < 4.78 is 67.4. The molecule has 1 saturated heterocycles. The Hall–Kier alpha value is -3.25. The van der Waals surface area contributed by atoms with Crippen LogP contribution in [0.15, 0.2) is 53.7 Å². The molecule has 0 aliphatic carbocycles. The van der Waals surface area contributed by atoms with Gasteiger partial charge >= 0.3 is 5.57 Å². The van der Waals surface area contributed by atoms with Crippen LogP contribution in [0.3, 0.4) is 0 Å². The number of hydrogen-bond donors (Lipinski definition) is 2. The minimum Gasteiger partial charge on any atom is -0.420 e. The molecule has 1 aliphatic heterocycles. The fraction of sp³-hybridized carbons (Fsp3) is 0.273. The Labute approximate surface area is 204 Å². The highest BCUT2D eigenvalue weighted by Gasteiger charge is 2.28. The topological polar surface area (TPSA) is 104 Å². The summed E-state index contributed by atoms with van der Waals surface area (Å²) in [6.45, 7) is 0.545. The van der Waals surface area contributed by atoms with Crippen LogP contribution in [-0.4, -0.2) is 55.4 Å². The molecule has 13 heteroatoms. The van der Waals surface area contributed by atoms with E-state index in [1.165, 1.54) is 42.6 Å². The minimum atomic E-state index is -3.86. The molecule has 8 nitrogen and oxygen atoms in total. The third-order valence-electron chi connectivity index (χ3n) is 5.25. The number of aromatic nitrogens is 2. The van der Waals surface area contributed by atoms with Crippen molar-refractivity contribution in [1.29, 1.82) is 0 Å². The molecule has 1 aromatic carbocycles. The van der Waals surface area contributed by atoms with Gasteiger partial charge in [-0.25, -0.2) is 17.8 Å². The van der Waals surface area contributed by atoms with Crippen LogP contribution in [0, 0.1) is 0 Å². The molecule has 3 aromatic rings. The summed E-state index contributed by atoms with van der Waals surface area (Å²) in [5.41, 5.74) is -2.60. The van der Waals surface area contributed by atoms with Crippen molar-refractivity contribution in [3.8, 4) is 17.0 Å². The summed E-state index contributed by atoms with van der Waals surface area (Å²) in [7, 11) is -3.51. The van der Waals surface area contributed by atoms with Gasteiger partial charge in [-0.3, -0.25) is 4.79 Å².